The number of ether oxygens (including phenoxy) is 1. The zero-order chi connectivity index (χ0) is 23.5. The second kappa shape index (κ2) is 9.24. The van der Waals surface area contributed by atoms with Gasteiger partial charge < -0.3 is 9.64 Å². The lowest BCUT2D eigenvalue weighted by Gasteiger charge is -2.46. The summed E-state index contributed by atoms with van der Waals surface area (Å²) < 4.78 is 4.86. The third kappa shape index (κ3) is 3.92. The Morgan fingerprint density at radius 2 is 1.41 bits per heavy atom. The van der Waals surface area contributed by atoms with Gasteiger partial charge >= 0.3 is 5.97 Å². The van der Waals surface area contributed by atoms with Crippen molar-refractivity contribution in [2.75, 3.05) is 16.9 Å². The molecule has 4 aromatic rings. The molecule has 1 amide bonds. The van der Waals surface area contributed by atoms with Gasteiger partial charge in [-0.3, -0.25) is 9.69 Å². The van der Waals surface area contributed by atoms with E-state index >= 15 is 0 Å². The Bertz CT molecular complexity index is 1300. The zero-order valence-electron chi connectivity index (χ0n) is 18.8. The number of carbonyl (C=O) groups excluding carboxylic acids is 2. The monoisotopic (exact) mass is 448 g/mol. The third-order valence-corrected chi connectivity index (χ3v) is 6.06. The van der Waals surface area contributed by atoms with Crippen LogP contribution in [-0.2, 0) is 11.3 Å². The Kier molecular flexibility index (Phi) is 5.83. The number of benzene rings is 4. The average molecular weight is 449 g/mol. The minimum absolute atomic E-state index is 0.0619. The number of hydrogen-bond acceptors (Lipinski definition) is 4. The van der Waals surface area contributed by atoms with Crippen LogP contribution in [-0.4, -0.2) is 19.0 Å². The highest BCUT2D eigenvalue weighted by molar-refractivity contribution is 6.12. The van der Waals surface area contributed by atoms with Gasteiger partial charge in [0.2, 0.25) is 0 Å². The van der Waals surface area contributed by atoms with Gasteiger partial charge in [0, 0.05) is 12.2 Å². The molecular formula is C29H24N2O3. The second-order valence-electron chi connectivity index (χ2n) is 8.13. The quantitative estimate of drug-likeness (QED) is 0.360. The van der Waals surface area contributed by atoms with E-state index in [0.29, 0.717) is 17.7 Å². The molecule has 0 spiro atoms. The molecule has 0 bridgehead atoms. The first-order valence-corrected chi connectivity index (χ1v) is 11.1. The predicted octanol–water partition coefficient (Wildman–Crippen LogP) is 5.84. The van der Waals surface area contributed by atoms with Crippen molar-refractivity contribution < 1.29 is 14.3 Å². The molecule has 0 unspecified atom stereocenters. The van der Waals surface area contributed by atoms with E-state index in [2.05, 4.69) is 17.0 Å². The summed E-state index contributed by atoms with van der Waals surface area (Å²) in [4.78, 5) is 29.9. The summed E-state index contributed by atoms with van der Waals surface area (Å²) in [5.41, 5.74) is 4.85. The van der Waals surface area contributed by atoms with Crippen molar-refractivity contribution in [3.05, 3.63) is 131 Å². The van der Waals surface area contributed by atoms with E-state index in [1.165, 1.54) is 7.11 Å². The number of esters is 1. The first kappa shape index (κ1) is 21.5. The first-order chi connectivity index (χ1) is 16.7. The van der Waals surface area contributed by atoms with E-state index in [1.807, 2.05) is 89.8 Å². The highest BCUT2D eigenvalue weighted by atomic mass is 16.5. The van der Waals surface area contributed by atoms with Crippen LogP contribution in [0.1, 0.15) is 38.0 Å². The Balaban J connectivity index is 1.69. The fourth-order valence-electron chi connectivity index (χ4n) is 4.45. The molecule has 34 heavy (non-hydrogen) atoms. The minimum Gasteiger partial charge on any atom is -0.465 e. The summed E-state index contributed by atoms with van der Waals surface area (Å²) in [5.74, 6) is -0.453. The number of amides is 1. The molecule has 5 nitrogen and oxygen atoms in total. The first-order valence-electron chi connectivity index (χ1n) is 11.1. The lowest BCUT2D eigenvalue weighted by atomic mass is 9.98. The molecule has 0 radical (unpaired) electrons. The van der Waals surface area contributed by atoms with Crippen LogP contribution in [0.2, 0.25) is 0 Å². The lowest BCUT2D eigenvalue weighted by Crippen LogP contribution is -2.49. The van der Waals surface area contributed by atoms with Gasteiger partial charge in [-0.1, -0.05) is 72.8 Å². The summed E-state index contributed by atoms with van der Waals surface area (Å²) in [6, 6.07) is 34.9. The third-order valence-electron chi connectivity index (χ3n) is 6.06. The molecule has 4 aromatic carbocycles. The van der Waals surface area contributed by atoms with Gasteiger partial charge in [0.15, 0.2) is 0 Å². The molecule has 0 aliphatic carbocycles. The van der Waals surface area contributed by atoms with Crippen LogP contribution in [0.15, 0.2) is 109 Å². The van der Waals surface area contributed by atoms with Gasteiger partial charge in [-0.05, 0) is 47.5 Å². The van der Waals surface area contributed by atoms with E-state index in [9.17, 15) is 9.59 Å². The van der Waals surface area contributed by atoms with Crippen LogP contribution in [0.5, 0.6) is 0 Å². The van der Waals surface area contributed by atoms with Gasteiger partial charge in [0.25, 0.3) is 5.91 Å². The van der Waals surface area contributed by atoms with Crippen LogP contribution in [0, 0.1) is 0 Å². The molecule has 0 saturated heterocycles. The maximum Gasteiger partial charge on any atom is 0.337 e. The topological polar surface area (TPSA) is 49.9 Å². The summed E-state index contributed by atoms with van der Waals surface area (Å²) in [5, 5.41) is 0. The number of para-hydroxylation sites is 2. The highest BCUT2D eigenvalue weighted by Crippen LogP contribution is 2.42. The van der Waals surface area contributed by atoms with Gasteiger partial charge in [0.1, 0.15) is 6.17 Å². The molecule has 1 atom stereocenters. The molecule has 0 fully saturated rings. The standard InChI is InChI=1S/C29H24N2O3/c1-34-29(33)23-18-16-22(17-19-23)27-30(20-21-10-4-2-5-11-21)26-15-9-8-14-25(26)28(32)31(27)24-12-6-3-7-13-24/h2-19,27H,20H2,1H3/t27-/m1/s1. The fraction of sp³-hybridized carbons (Fsp3) is 0.103. The summed E-state index contributed by atoms with van der Waals surface area (Å²) in [7, 11) is 1.37. The summed E-state index contributed by atoms with van der Waals surface area (Å²) in [6.45, 7) is 0.609. The average Bonchev–Trinajstić information content (AvgIpc) is 2.91. The fourth-order valence-corrected chi connectivity index (χ4v) is 4.45. The SMILES string of the molecule is COC(=O)c1ccc([C@@H]2N(Cc3ccccc3)c3ccccc3C(=O)N2c2ccccc2)cc1. The van der Waals surface area contributed by atoms with Crippen molar-refractivity contribution in [2.24, 2.45) is 0 Å². The number of nitrogens with zero attached hydrogens (tertiary/aromatic N) is 2. The molecule has 0 aromatic heterocycles. The number of rotatable bonds is 5. The summed E-state index contributed by atoms with van der Waals surface area (Å²) in [6.07, 6.45) is -0.406. The Labute approximate surface area is 198 Å². The Morgan fingerprint density at radius 3 is 2.09 bits per heavy atom. The smallest absolute Gasteiger partial charge is 0.337 e. The van der Waals surface area contributed by atoms with Crippen molar-refractivity contribution in [3.63, 3.8) is 0 Å². The molecule has 1 aliphatic rings. The van der Waals surface area contributed by atoms with Crippen LogP contribution < -0.4 is 9.80 Å². The van der Waals surface area contributed by atoms with Crippen LogP contribution >= 0.6 is 0 Å². The van der Waals surface area contributed by atoms with E-state index in [1.54, 1.807) is 12.1 Å². The van der Waals surface area contributed by atoms with Crippen molar-refractivity contribution in [1.82, 2.24) is 0 Å². The predicted molar refractivity (Wildman–Crippen MR) is 133 cm³/mol. The van der Waals surface area contributed by atoms with E-state index in [0.717, 1.165) is 22.5 Å². The molecular weight excluding hydrogens is 424 g/mol. The van der Waals surface area contributed by atoms with Gasteiger partial charge in [-0.15, -0.1) is 0 Å². The van der Waals surface area contributed by atoms with Gasteiger partial charge in [-0.2, -0.15) is 0 Å². The van der Waals surface area contributed by atoms with Crippen LogP contribution in [0.3, 0.4) is 0 Å². The minimum atomic E-state index is -0.406. The lowest BCUT2D eigenvalue weighted by molar-refractivity contribution is 0.0600. The van der Waals surface area contributed by atoms with Crippen LogP contribution in [0.4, 0.5) is 11.4 Å². The molecule has 1 heterocycles. The van der Waals surface area contributed by atoms with E-state index in [4.69, 9.17) is 4.74 Å². The number of fused-ring (bicyclic) bond motifs is 1. The number of hydrogen-bond donors (Lipinski definition) is 0. The van der Waals surface area contributed by atoms with Crippen LogP contribution in [0.25, 0.3) is 0 Å². The normalized spacial score (nSPS) is 15.1. The van der Waals surface area contributed by atoms with Gasteiger partial charge in [0.05, 0.1) is 23.9 Å². The molecule has 0 saturated carbocycles. The maximum atomic E-state index is 13.8. The van der Waals surface area contributed by atoms with E-state index < -0.39 is 12.1 Å². The number of carbonyl (C=O) groups is 2. The largest absolute Gasteiger partial charge is 0.465 e. The maximum absolute atomic E-state index is 13.8. The van der Waals surface area contributed by atoms with Gasteiger partial charge in [-0.25, -0.2) is 4.79 Å². The molecule has 5 heteroatoms. The molecule has 1 aliphatic heterocycles. The Hall–Kier alpha value is -4.38. The summed E-state index contributed by atoms with van der Waals surface area (Å²) >= 11 is 0. The Morgan fingerprint density at radius 1 is 0.794 bits per heavy atom. The number of anilines is 2. The number of methoxy groups -OCH3 is 1. The molecule has 0 N–H and O–H groups in total. The highest BCUT2D eigenvalue weighted by Gasteiger charge is 2.39. The molecule has 168 valence electrons. The molecule has 5 rings (SSSR count). The second-order valence-corrected chi connectivity index (χ2v) is 8.13. The van der Waals surface area contributed by atoms with Crippen molar-refractivity contribution in [1.29, 1.82) is 0 Å². The van der Waals surface area contributed by atoms with Crippen molar-refractivity contribution >= 4 is 23.3 Å². The zero-order valence-corrected chi connectivity index (χ0v) is 18.8. The van der Waals surface area contributed by atoms with Crippen molar-refractivity contribution in [3.8, 4) is 0 Å². The van der Waals surface area contributed by atoms with Crippen molar-refractivity contribution in [2.45, 2.75) is 12.7 Å². The van der Waals surface area contributed by atoms with E-state index in [-0.39, 0.29) is 5.91 Å².